The van der Waals surface area contributed by atoms with E-state index in [2.05, 4.69) is 5.16 Å². The van der Waals surface area contributed by atoms with Crippen LogP contribution in [-0.4, -0.2) is 18.8 Å². The highest BCUT2D eigenvalue weighted by Crippen LogP contribution is 2.29. The number of oxime groups is 1. The molecule has 1 aliphatic rings. The minimum atomic E-state index is -0.545. The summed E-state index contributed by atoms with van der Waals surface area (Å²) in [4.78, 5) is 16.8. The highest BCUT2D eigenvalue weighted by atomic mass is 35.5. The maximum Gasteiger partial charge on any atom is 0.368 e. The maximum atomic E-state index is 12.0. The van der Waals surface area contributed by atoms with E-state index in [-0.39, 0.29) is 0 Å². The molecular weight excluding hydrogens is 337 g/mol. The Kier molecular flexibility index (Phi) is 4.37. The van der Waals surface area contributed by atoms with Crippen molar-refractivity contribution in [3.63, 3.8) is 0 Å². The van der Waals surface area contributed by atoms with Gasteiger partial charge in [-0.1, -0.05) is 46.6 Å². The highest BCUT2D eigenvalue weighted by molar-refractivity contribution is 6.40. The fourth-order valence-electron chi connectivity index (χ4n) is 2.23. The van der Waals surface area contributed by atoms with Crippen LogP contribution in [0, 0.1) is 0 Å². The summed E-state index contributed by atoms with van der Waals surface area (Å²) < 4.78 is 5.29. The predicted octanol–water partition coefficient (Wildman–Crippen LogP) is 4.35. The Hall–Kier alpha value is -2.30. The van der Waals surface area contributed by atoms with E-state index in [4.69, 9.17) is 32.8 Å². The van der Waals surface area contributed by atoms with Crippen molar-refractivity contribution in [1.29, 1.82) is 0 Å². The Morgan fingerprint density at radius 3 is 2.70 bits per heavy atom. The topological polar surface area (TPSA) is 47.9 Å². The third-order valence-electron chi connectivity index (χ3n) is 3.32. The normalized spacial score (nSPS) is 15.5. The zero-order valence-electron chi connectivity index (χ0n) is 12.0. The molecule has 2 aromatic carbocycles. The standard InChI is InChI=1S/C17H11Cl2NO3/c1-22-15-5-3-2-4-10(15)8-13-16(20-23-17(13)21)12-7-6-11(18)9-14(12)19/h2-9H,1H3/b13-8+. The molecule has 3 rings (SSSR count). The number of halogens is 2. The van der Waals surface area contributed by atoms with Gasteiger partial charge < -0.3 is 9.57 Å². The van der Waals surface area contributed by atoms with Gasteiger partial charge in [0, 0.05) is 16.1 Å². The molecule has 0 aromatic heterocycles. The van der Waals surface area contributed by atoms with E-state index in [0.29, 0.717) is 32.6 Å². The SMILES string of the molecule is COc1ccccc1/C=C1/C(=O)ON=C1c1ccc(Cl)cc1Cl. The number of carbonyl (C=O) groups is 1. The lowest BCUT2D eigenvalue weighted by Gasteiger charge is -2.06. The fourth-order valence-corrected chi connectivity index (χ4v) is 2.72. The van der Waals surface area contributed by atoms with Crippen LogP contribution in [0.5, 0.6) is 5.75 Å². The number of carbonyl (C=O) groups excluding carboxylic acids is 1. The van der Waals surface area contributed by atoms with Gasteiger partial charge in [0.15, 0.2) is 0 Å². The highest BCUT2D eigenvalue weighted by Gasteiger charge is 2.28. The van der Waals surface area contributed by atoms with Gasteiger partial charge in [-0.3, -0.25) is 0 Å². The molecule has 0 atom stereocenters. The second-order valence-corrected chi connectivity index (χ2v) is 5.59. The van der Waals surface area contributed by atoms with E-state index in [1.54, 1.807) is 37.5 Å². The number of methoxy groups -OCH3 is 1. The molecule has 0 saturated heterocycles. The summed E-state index contributed by atoms with van der Waals surface area (Å²) in [6.45, 7) is 0. The molecule has 0 amide bonds. The molecule has 0 radical (unpaired) electrons. The van der Waals surface area contributed by atoms with Gasteiger partial charge in [-0.25, -0.2) is 4.79 Å². The van der Waals surface area contributed by atoms with E-state index in [9.17, 15) is 4.79 Å². The average molecular weight is 348 g/mol. The number of nitrogens with zero attached hydrogens (tertiary/aromatic N) is 1. The Labute approximate surface area is 142 Å². The summed E-state index contributed by atoms with van der Waals surface area (Å²) in [5.74, 6) is 0.0955. The minimum absolute atomic E-state index is 0.304. The van der Waals surface area contributed by atoms with Gasteiger partial charge in [-0.05, 0) is 30.3 Å². The summed E-state index contributed by atoms with van der Waals surface area (Å²) in [5, 5.41) is 4.73. The summed E-state index contributed by atoms with van der Waals surface area (Å²) in [6, 6.07) is 12.3. The van der Waals surface area contributed by atoms with Crippen molar-refractivity contribution in [2.75, 3.05) is 7.11 Å². The van der Waals surface area contributed by atoms with Crippen molar-refractivity contribution in [3.05, 3.63) is 69.2 Å². The molecule has 1 heterocycles. The maximum absolute atomic E-state index is 12.0. The van der Waals surface area contributed by atoms with Crippen molar-refractivity contribution >= 4 is 41.0 Å². The van der Waals surface area contributed by atoms with Crippen LogP contribution < -0.4 is 4.74 Å². The van der Waals surface area contributed by atoms with Gasteiger partial charge >= 0.3 is 5.97 Å². The summed E-state index contributed by atoms with van der Waals surface area (Å²) in [7, 11) is 1.56. The van der Waals surface area contributed by atoms with Crippen molar-refractivity contribution < 1.29 is 14.4 Å². The first kappa shape index (κ1) is 15.6. The Morgan fingerprint density at radius 1 is 1.17 bits per heavy atom. The van der Waals surface area contributed by atoms with E-state index in [0.717, 1.165) is 5.56 Å². The molecule has 116 valence electrons. The third kappa shape index (κ3) is 3.09. The van der Waals surface area contributed by atoms with Gasteiger partial charge in [-0.2, -0.15) is 0 Å². The summed E-state index contributed by atoms with van der Waals surface area (Å²) in [6.07, 6.45) is 1.66. The lowest BCUT2D eigenvalue weighted by Crippen LogP contribution is -2.07. The van der Waals surface area contributed by atoms with Crippen LogP contribution in [0.4, 0.5) is 0 Å². The molecule has 0 unspecified atom stereocenters. The minimum Gasteiger partial charge on any atom is -0.496 e. The number of para-hydroxylation sites is 1. The van der Waals surface area contributed by atoms with E-state index < -0.39 is 5.97 Å². The molecule has 0 spiro atoms. The van der Waals surface area contributed by atoms with Gasteiger partial charge in [0.2, 0.25) is 0 Å². The lowest BCUT2D eigenvalue weighted by atomic mass is 10.0. The first-order valence-corrected chi connectivity index (χ1v) is 7.45. The predicted molar refractivity (Wildman–Crippen MR) is 90.1 cm³/mol. The van der Waals surface area contributed by atoms with Crippen LogP contribution in [-0.2, 0) is 9.63 Å². The number of hydrogen-bond donors (Lipinski definition) is 0. The van der Waals surface area contributed by atoms with Crippen molar-refractivity contribution in [2.45, 2.75) is 0 Å². The zero-order valence-corrected chi connectivity index (χ0v) is 13.6. The molecule has 0 fully saturated rings. The molecule has 4 nitrogen and oxygen atoms in total. The molecule has 0 bridgehead atoms. The van der Waals surface area contributed by atoms with E-state index in [1.165, 1.54) is 0 Å². The van der Waals surface area contributed by atoms with Crippen LogP contribution in [0.3, 0.4) is 0 Å². The summed E-state index contributed by atoms with van der Waals surface area (Å²) >= 11 is 12.1. The molecule has 2 aromatic rings. The largest absolute Gasteiger partial charge is 0.496 e. The molecule has 6 heteroatoms. The number of hydrogen-bond acceptors (Lipinski definition) is 4. The Morgan fingerprint density at radius 2 is 1.96 bits per heavy atom. The van der Waals surface area contributed by atoms with Gasteiger partial charge in [-0.15, -0.1) is 0 Å². The van der Waals surface area contributed by atoms with Gasteiger partial charge in [0.05, 0.1) is 17.7 Å². The Bertz CT molecular complexity index is 843. The van der Waals surface area contributed by atoms with Gasteiger partial charge in [0.25, 0.3) is 0 Å². The Balaban J connectivity index is 2.08. The first-order valence-electron chi connectivity index (χ1n) is 6.70. The molecular formula is C17H11Cl2NO3. The molecule has 0 N–H and O–H groups in total. The zero-order chi connectivity index (χ0) is 16.4. The number of ether oxygens (including phenoxy) is 1. The number of rotatable bonds is 3. The molecule has 0 saturated carbocycles. The van der Waals surface area contributed by atoms with Crippen LogP contribution >= 0.6 is 23.2 Å². The third-order valence-corrected chi connectivity index (χ3v) is 3.87. The second-order valence-electron chi connectivity index (χ2n) is 4.74. The van der Waals surface area contributed by atoms with Crippen LogP contribution in [0.25, 0.3) is 6.08 Å². The van der Waals surface area contributed by atoms with E-state index >= 15 is 0 Å². The van der Waals surface area contributed by atoms with Crippen molar-refractivity contribution in [3.8, 4) is 5.75 Å². The van der Waals surface area contributed by atoms with Crippen LogP contribution in [0.1, 0.15) is 11.1 Å². The second kappa shape index (κ2) is 6.44. The molecule has 0 aliphatic carbocycles. The summed E-state index contributed by atoms with van der Waals surface area (Å²) in [5.41, 5.74) is 1.98. The first-order chi connectivity index (χ1) is 11.1. The van der Waals surface area contributed by atoms with Crippen LogP contribution in [0.15, 0.2) is 53.2 Å². The van der Waals surface area contributed by atoms with Crippen LogP contribution in [0.2, 0.25) is 10.0 Å². The fraction of sp³-hybridized carbons (Fsp3) is 0.0588. The number of benzene rings is 2. The monoisotopic (exact) mass is 347 g/mol. The average Bonchev–Trinajstić information content (AvgIpc) is 2.89. The van der Waals surface area contributed by atoms with Gasteiger partial charge in [0.1, 0.15) is 11.5 Å². The smallest absolute Gasteiger partial charge is 0.368 e. The molecule has 23 heavy (non-hydrogen) atoms. The lowest BCUT2D eigenvalue weighted by molar-refractivity contribution is -0.136. The van der Waals surface area contributed by atoms with Crippen molar-refractivity contribution in [2.24, 2.45) is 5.16 Å². The molecule has 1 aliphatic heterocycles. The van der Waals surface area contributed by atoms with Crippen molar-refractivity contribution in [1.82, 2.24) is 0 Å². The quantitative estimate of drug-likeness (QED) is 0.612. The van der Waals surface area contributed by atoms with E-state index in [1.807, 2.05) is 18.2 Å².